The van der Waals surface area contributed by atoms with Crippen molar-refractivity contribution in [2.75, 3.05) is 5.73 Å². The van der Waals surface area contributed by atoms with E-state index in [1.54, 1.807) is 16.0 Å². The van der Waals surface area contributed by atoms with Crippen LogP contribution in [0.4, 0.5) is 5.69 Å². The smallest absolute Gasteiger partial charge is 0.242 e. The predicted molar refractivity (Wildman–Crippen MR) is 84.2 cm³/mol. The van der Waals surface area contributed by atoms with Gasteiger partial charge in [-0.1, -0.05) is 6.92 Å². The fraction of sp³-hybridized carbons (Fsp3) is 0.500. The highest BCUT2D eigenvalue weighted by molar-refractivity contribution is 7.11. The molecule has 0 saturated heterocycles. The molecule has 1 atom stereocenters. The predicted octanol–water partition coefficient (Wildman–Crippen LogP) is 1.98. The lowest BCUT2D eigenvalue weighted by molar-refractivity contribution is -0.122. The lowest BCUT2D eigenvalue weighted by Crippen LogP contribution is -2.30. The summed E-state index contributed by atoms with van der Waals surface area (Å²) in [6.45, 7) is 7.89. The second-order valence-electron chi connectivity index (χ2n) is 5.05. The molecule has 7 heteroatoms. The van der Waals surface area contributed by atoms with Crippen LogP contribution >= 0.6 is 11.3 Å². The fourth-order valence-electron chi connectivity index (χ4n) is 2.04. The molecule has 2 heterocycles. The number of nitrogens with zero attached hydrogens (tertiary/aromatic N) is 3. The summed E-state index contributed by atoms with van der Waals surface area (Å²) < 4.78 is 1.63. The quantitative estimate of drug-likeness (QED) is 0.884. The normalized spacial score (nSPS) is 12.4. The third-order valence-corrected chi connectivity index (χ3v) is 4.72. The molecule has 2 rings (SSSR count). The first kappa shape index (κ1) is 15.5. The number of carbonyl (C=O) groups is 1. The maximum absolute atomic E-state index is 12.1. The third kappa shape index (κ3) is 3.41. The van der Waals surface area contributed by atoms with Gasteiger partial charge in [0.1, 0.15) is 11.6 Å². The van der Waals surface area contributed by atoms with Gasteiger partial charge >= 0.3 is 0 Å². The molecule has 0 saturated carbocycles. The van der Waals surface area contributed by atoms with Crippen LogP contribution in [0.2, 0.25) is 0 Å². The molecule has 2 aromatic rings. The second kappa shape index (κ2) is 6.26. The van der Waals surface area contributed by atoms with Crippen molar-refractivity contribution >= 4 is 22.9 Å². The number of nitrogens with one attached hydrogen (secondary N) is 1. The molecular weight excluding hydrogens is 286 g/mol. The van der Waals surface area contributed by atoms with E-state index in [9.17, 15) is 4.79 Å². The Morgan fingerprint density at radius 3 is 2.76 bits per heavy atom. The van der Waals surface area contributed by atoms with Crippen LogP contribution in [0.25, 0.3) is 0 Å². The molecule has 0 aliphatic heterocycles. The Kier molecular flexibility index (Phi) is 4.62. The highest BCUT2D eigenvalue weighted by Crippen LogP contribution is 2.20. The highest BCUT2D eigenvalue weighted by atomic mass is 32.1. The number of hydrogen-bond acceptors (Lipinski definition) is 5. The Morgan fingerprint density at radius 1 is 1.52 bits per heavy atom. The maximum atomic E-state index is 12.1. The van der Waals surface area contributed by atoms with Gasteiger partial charge in [0.05, 0.1) is 23.1 Å². The van der Waals surface area contributed by atoms with Gasteiger partial charge in [0.15, 0.2) is 0 Å². The number of rotatable bonds is 5. The van der Waals surface area contributed by atoms with E-state index >= 15 is 0 Å². The highest BCUT2D eigenvalue weighted by Gasteiger charge is 2.15. The van der Waals surface area contributed by atoms with Crippen molar-refractivity contribution in [1.82, 2.24) is 20.1 Å². The summed E-state index contributed by atoms with van der Waals surface area (Å²) in [5.74, 6) is -0.0960. The molecule has 0 bridgehead atoms. The van der Waals surface area contributed by atoms with Gasteiger partial charge in [0, 0.05) is 11.1 Å². The SMILES string of the molecule is CCc1cnc(C(C)NC(=O)Cn2nc(C)c(N)c2C)s1. The number of nitrogen functional groups attached to an aromatic ring is 1. The van der Waals surface area contributed by atoms with Crippen molar-refractivity contribution in [3.8, 4) is 0 Å². The zero-order valence-electron chi connectivity index (χ0n) is 12.8. The summed E-state index contributed by atoms with van der Waals surface area (Å²) in [6, 6.07) is -0.0999. The van der Waals surface area contributed by atoms with E-state index < -0.39 is 0 Å². The van der Waals surface area contributed by atoms with E-state index in [0.29, 0.717) is 5.69 Å². The van der Waals surface area contributed by atoms with E-state index in [4.69, 9.17) is 5.73 Å². The van der Waals surface area contributed by atoms with Crippen LogP contribution in [0.3, 0.4) is 0 Å². The molecule has 0 fully saturated rings. The van der Waals surface area contributed by atoms with Crippen LogP contribution in [-0.4, -0.2) is 20.7 Å². The molecule has 6 nitrogen and oxygen atoms in total. The Labute approximate surface area is 128 Å². The van der Waals surface area contributed by atoms with E-state index in [-0.39, 0.29) is 18.5 Å². The lowest BCUT2D eigenvalue weighted by atomic mass is 10.3. The number of aromatic nitrogens is 3. The van der Waals surface area contributed by atoms with Crippen LogP contribution in [-0.2, 0) is 17.8 Å². The van der Waals surface area contributed by atoms with Gasteiger partial charge in [-0.3, -0.25) is 9.48 Å². The number of anilines is 1. The number of aryl methyl sites for hydroxylation is 2. The number of hydrogen-bond donors (Lipinski definition) is 2. The van der Waals surface area contributed by atoms with Crippen LogP contribution < -0.4 is 11.1 Å². The minimum absolute atomic E-state index is 0.0960. The molecule has 0 aromatic carbocycles. The summed E-state index contributed by atoms with van der Waals surface area (Å²) in [4.78, 5) is 17.7. The van der Waals surface area contributed by atoms with Gasteiger partial charge in [-0.05, 0) is 27.2 Å². The molecule has 114 valence electrons. The monoisotopic (exact) mass is 307 g/mol. The van der Waals surface area contributed by atoms with Crippen LogP contribution in [0, 0.1) is 13.8 Å². The Balaban J connectivity index is 1.99. The minimum atomic E-state index is -0.0999. The first-order valence-corrected chi connectivity index (χ1v) is 7.77. The van der Waals surface area contributed by atoms with Crippen LogP contribution in [0.5, 0.6) is 0 Å². The van der Waals surface area contributed by atoms with Gasteiger partial charge in [0.25, 0.3) is 0 Å². The molecule has 2 aromatic heterocycles. The maximum Gasteiger partial charge on any atom is 0.242 e. The summed E-state index contributed by atoms with van der Waals surface area (Å²) in [5, 5.41) is 8.13. The topological polar surface area (TPSA) is 85.8 Å². The Bertz CT molecular complexity index is 646. The fourth-order valence-corrected chi connectivity index (χ4v) is 2.90. The number of carbonyl (C=O) groups excluding carboxylic acids is 1. The molecule has 0 radical (unpaired) electrons. The molecule has 0 aliphatic carbocycles. The largest absolute Gasteiger partial charge is 0.396 e. The van der Waals surface area contributed by atoms with E-state index in [1.165, 1.54) is 4.88 Å². The summed E-state index contributed by atoms with van der Waals surface area (Å²) in [5.41, 5.74) is 8.08. The first-order chi connectivity index (χ1) is 9.92. The van der Waals surface area contributed by atoms with Crippen LogP contribution in [0.15, 0.2) is 6.20 Å². The molecule has 1 unspecified atom stereocenters. The molecule has 1 amide bonds. The summed E-state index contributed by atoms with van der Waals surface area (Å²) >= 11 is 1.63. The van der Waals surface area contributed by atoms with Crippen molar-refractivity contribution in [2.45, 2.75) is 46.7 Å². The number of nitrogens with two attached hydrogens (primary N) is 1. The zero-order valence-corrected chi connectivity index (χ0v) is 13.6. The van der Waals surface area contributed by atoms with Crippen LogP contribution in [0.1, 0.15) is 41.2 Å². The zero-order chi connectivity index (χ0) is 15.6. The summed E-state index contributed by atoms with van der Waals surface area (Å²) in [7, 11) is 0. The Morgan fingerprint density at radius 2 is 2.24 bits per heavy atom. The van der Waals surface area contributed by atoms with Gasteiger partial charge in [0.2, 0.25) is 5.91 Å². The van der Waals surface area contributed by atoms with E-state index in [1.807, 2.05) is 27.0 Å². The van der Waals surface area contributed by atoms with Crippen molar-refractivity contribution in [3.05, 3.63) is 27.5 Å². The van der Waals surface area contributed by atoms with Gasteiger partial charge < -0.3 is 11.1 Å². The third-order valence-electron chi connectivity index (χ3n) is 3.40. The number of thiazole rings is 1. The molecule has 0 aliphatic rings. The Hall–Kier alpha value is -1.89. The van der Waals surface area contributed by atoms with Crippen molar-refractivity contribution in [1.29, 1.82) is 0 Å². The summed E-state index contributed by atoms with van der Waals surface area (Å²) in [6.07, 6.45) is 2.83. The number of amides is 1. The molecule has 3 N–H and O–H groups in total. The van der Waals surface area contributed by atoms with Crippen molar-refractivity contribution in [3.63, 3.8) is 0 Å². The van der Waals surface area contributed by atoms with Gasteiger partial charge in [-0.2, -0.15) is 5.10 Å². The van der Waals surface area contributed by atoms with Gasteiger partial charge in [-0.25, -0.2) is 4.98 Å². The molecule has 21 heavy (non-hydrogen) atoms. The molecular formula is C14H21N5OS. The standard InChI is InChI=1S/C14H21N5OS/c1-5-11-6-16-14(21-11)9(3)17-12(20)7-19-10(4)13(15)8(2)18-19/h6,9H,5,7,15H2,1-4H3,(H,17,20). The van der Waals surface area contributed by atoms with Crippen molar-refractivity contribution < 1.29 is 4.79 Å². The second-order valence-corrected chi connectivity index (χ2v) is 6.20. The average molecular weight is 307 g/mol. The van der Waals surface area contributed by atoms with Crippen molar-refractivity contribution in [2.24, 2.45) is 0 Å². The average Bonchev–Trinajstić information content (AvgIpc) is 3.01. The lowest BCUT2D eigenvalue weighted by Gasteiger charge is -2.12. The van der Waals surface area contributed by atoms with Gasteiger partial charge in [-0.15, -0.1) is 11.3 Å². The van der Waals surface area contributed by atoms with E-state index in [0.717, 1.165) is 22.8 Å². The minimum Gasteiger partial charge on any atom is -0.396 e. The molecule has 0 spiro atoms. The first-order valence-electron chi connectivity index (χ1n) is 6.95. The van der Waals surface area contributed by atoms with E-state index in [2.05, 4.69) is 22.3 Å².